The van der Waals surface area contributed by atoms with Crippen LogP contribution in [0.4, 0.5) is 4.79 Å². The number of thiophene rings is 1. The Bertz CT molecular complexity index is 429. The Morgan fingerprint density at radius 3 is 3.00 bits per heavy atom. The Morgan fingerprint density at radius 2 is 2.42 bits per heavy atom. The van der Waals surface area contributed by atoms with Gasteiger partial charge in [0.25, 0.3) is 0 Å². The van der Waals surface area contributed by atoms with Gasteiger partial charge in [-0.05, 0) is 17.9 Å². The second kappa shape index (κ2) is 6.53. The van der Waals surface area contributed by atoms with Crippen LogP contribution in [-0.4, -0.2) is 36.9 Å². The van der Waals surface area contributed by atoms with Crippen molar-refractivity contribution >= 4 is 23.3 Å². The first-order valence-corrected chi connectivity index (χ1v) is 6.93. The molecule has 0 bridgehead atoms. The molecule has 1 aromatic heterocycles. The molecule has 2 rings (SSSR count). The average Bonchev–Trinajstić information content (AvgIpc) is 3.05. The van der Waals surface area contributed by atoms with E-state index in [-0.39, 0.29) is 0 Å². The van der Waals surface area contributed by atoms with Crippen molar-refractivity contribution in [1.82, 2.24) is 10.6 Å². The van der Waals surface area contributed by atoms with Crippen LogP contribution in [0.2, 0.25) is 0 Å². The summed E-state index contributed by atoms with van der Waals surface area (Å²) in [5.41, 5.74) is 0. The zero-order valence-electron chi connectivity index (χ0n) is 10.3. The van der Waals surface area contributed by atoms with Gasteiger partial charge >= 0.3 is 12.0 Å². The maximum absolute atomic E-state index is 11.7. The number of amides is 2. The summed E-state index contributed by atoms with van der Waals surface area (Å²) < 4.78 is 5.20. The molecule has 3 N–H and O–H groups in total. The minimum absolute atomic E-state index is 0.316. The van der Waals surface area contributed by atoms with E-state index in [1.807, 2.05) is 0 Å². The molecule has 0 aromatic carbocycles. The Morgan fingerprint density at radius 1 is 1.58 bits per heavy atom. The number of aliphatic carboxylic acids is 1. The van der Waals surface area contributed by atoms with E-state index in [2.05, 4.69) is 10.6 Å². The van der Waals surface area contributed by atoms with E-state index in [0.29, 0.717) is 23.9 Å². The highest BCUT2D eigenvalue weighted by atomic mass is 32.1. The van der Waals surface area contributed by atoms with E-state index >= 15 is 0 Å². The van der Waals surface area contributed by atoms with Crippen molar-refractivity contribution in [2.24, 2.45) is 5.92 Å². The van der Waals surface area contributed by atoms with Crippen LogP contribution in [0.25, 0.3) is 0 Å². The first kappa shape index (κ1) is 13.8. The van der Waals surface area contributed by atoms with Crippen molar-refractivity contribution in [3.05, 3.63) is 22.4 Å². The van der Waals surface area contributed by atoms with Crippen molar-refractivity contribution in [3.63, 3.8) is 0 Å². The lowest BCUT2D eigenvalue weighted by Gasteiger charge is -2.15. The number of carbonyl (C=O) groups is 2. The van der Waals surface area contributed by atoms with Crippen LogP contribution in [0.1, 0.15) is 17.3 Å². The molecule has 2 unspecified atom stereocenters. The molecule has 104 valence electrons. The molecule has 0 radical (unpaired) electrons. The Hall–Kier alpha value is -1.60. The van der Waals surface area contributed by atoms with Crippen molar-refractivity contribution in [2.45, 2.75) is 12.5 Å². The monoisotopic (exact) mass is 284 g/mol. The van der Waals surface area contributed by atoms with E-state index in [1.165, 1.54) is 11.3 Å². The Labute approximate surface area is 114 Å². The molecule has 1 aliphatic rings. The third kappa shape index (κ3) is 3.93. The van der Waals surface area contributed by atoms with Gasteiger partial charge in [-0.2, -0.15) is 0 Å². The van der Waals surface area contributed by atoms with Crippen LogP contribution in [0, 0.1) is 5.92 Å². The number of nitrogens with one attached hydrogen (secondary N) is 2. The summed E-state index contributed by atoms with van der Waals surface area (Å²) in [6.45, 7) is 1.87. The molecule has 0 spiro atoms. The SMILES string of the molecule is O=C(NCC1CCOC1)NC(C(=O)O)c1cccs1. The highest BCUT2D eigenvalue weighted by Crippen LogP contribution is 2.19. The summed E-state index contributed by atoms with van der Waals surface area (Å²) in [5, 5.41) is 16.0. The molecular weight excluding hydrogens is 268 g/mol. The second-order valence-electron chi connectivity index (χ2n) is 4.37. The highest BCUT2D eigenvalue weighted by molar-refractivity contribution is 7.10. The fourth-order valence-corrected chi connectivity index (χ4v) is 2.64. The second-order valence-corrected chi connectivity index (χ2v) is 5.35. The van der Waals surface area contributed by atoms with Gasteiger partial charge in [-0.15, -0.1) is 11.3 Å². The van der Waals surface area contributed by atoms with Crippen molar-refractivity contribution in [3.8, 4) is 0 Å². The molecule has 19 heavy (non-hydrogen) atoms. The zero-order chi connectivity index (χ0) is 13.7. The lowest BCUT2D eigenvalue weighted by Crippen LogP contribution is -2.42. The summed E-state index contributed by atoms with van der Waals surface area (Å²) in [6.07, 6.45) is 0.924. The molecule has 7 heteroatoms. The minimum Gasteiger partial charge on any atom is -0.479 e. The van der Waals surface area contributed by atoms with Crippen LogP contribution in [0.5, 0.6) is 0 Å². The normalized spacial score (nSPS) is 19.9. The summed E-state index contributed by atoms with van der Waals surface area (Å²) in [7, 11) is 0. The molecule has 1 saturated heterocycles. The molecular formula is C12H16N2O4S. The summed E-state index contributed by atoms with van der Waals surface area (Å²) in [4.78, 5) is 23.4. The summed E-state index contributed by atoms with van der Waals surface area (Å²) in [6, 6.07) is 1.98. The van der Waals surface area contributed by atoms with Crippen molar-refractivity contribution in [2.75, 3.05) is 19.8 Å². The topological polar surface area (TPSA) is 87.7 Å². The van der Waals surface area contributed by atoms with Crippen molar-refractivity contribution in [1.29, 1.82) is 0 Å². The number of hydrogen-bond acceptors (Lipinski definition) is 4. The number of carbonyl (C=O) groups excluding carboxylic acids is 1. The van der Waals surface area contributed by atoms with Crippen LogP contribution >= 0.6 is 11.3 Å². The van der Waals surface area contributed by atoms with Gasteiger partial charge in [0, 0.05) is 23.9 Å². The molecule has 6 nitrogen and oxygen atoms in total. The van der Waals surface area contributed by atoms with Gasteiger partial charge < -0.3 is 20.5 Å². The van der Waals surface area contributed by atoms with Gasteiger partial charge in [-0.1, -0.05) is 6.07 Å². The van der Waals surface area contributed by atoms with Crippen LogP contribution < -0.4 is 10.6 Å². The number of hydrogen-bond donors (Lipinski definition) is 3. The highest BCUT2D eigenvalue weighted by Gasteiger charge is 2.23. The first-order chi connectivity index (χ1) is 9.16. The van der Waals surface area contributed by atoms with Gasteiger partial charge in [0.15, 0.2) is 6.04 Å². The number of rotatable bonds is 5. The molecule has 1 fully saturated rings. The maximum atomic E-state index is 11.7. The lowest BCUT2D eigenvalue weighted by atomic mass is 10.1. The molecule has 1 aromatic rings. The molecule has 2 atom stereocenters. The molecule has 1 aliphatic heterocycles. The summed E-state index contributed by atoms with van der Waals surface area (Å²) in [5.74, 6) is -0.752. The van der Waals surface area contributed by atoms with Gasteiger partial charge in [-0.25, -0.2) is 9.59 Å². The molecule has 2 amide bonds. The predicted octanol–water partition coefficient (Wildman–Crippen LogP) is 1.21. The zero-order valence-corrected chi connectivity index (χ0v) is 11.1. The first-order valence-electron chi connectivity index (χ1n) is 6.05. The quantitative estimate of drug-likeness (QED) is 0.758. The van der Waals surface area contributed by atoms with E-state index < -0.39 is 18.0 Å². The maximum Gasteiger partial charge on any atom is 0.331 e. The predicted molar refractivity (Wildman–Crippen MR) is 70.2 cm³/mol. The van der Waals surface area contributed by atoms with Gasteiger partial charge in [0.2, 0.25) is 0 Å². The summed E-state index contributed by atoms with van der Waals surface area (Å²) >= 11 is 1.30. The average molecular weight is 284 g/mol. The van der Waals surface area contributed by atoms with Gasteiger partial charge in [0.1, 0.15) is 0 Å². The van der Waals surface area contributed by atoms with Crippen LogP contribution in [-0.2, 0) is 9.53 Å². The Balaban J connectivity index is 1.83. The molecule has 2 heterocycles. The lowest BCUT2D eigenvalue weighted by molar-refractivity contribution is -0.139. The van der Waals surface area contributed by atoms with Gasteiger partial charge in [-0.3, -0.25) is 0 Å². The van der Waals surface area contributed by atoms with Crippen molar-refractivity contribution < 1.29 is 19.4 Å². The molecule has 0 saturated carbocycles. The van der Waals surface area contributed by atoms with E-state index in [1.54, 1.807) is 17.5 Å². The Kier molecular flexibility index (Phi) is 4.75. The fourth-order valence-electron chi connectivity index (χ4n) is 1.87. The van der Waals surface area contributed by atoms with E-state index in [9.17, 15) is 9.59 Å². The third-order valence-electron chi connectivity index (χ3n) is 2.93. The number of carboxylic acids is 1. The standard InChI is InChI=1S/C12H16N2O4S/c15-11(16)10(9-2-1-5-19-9)14-12(17)13-6-8-3-4-18-7-8/h1-2,5,8,10H,3-4,6-7H2,(H,15,16)(H2,13,14,17). The third-order valence-corrected chi connectivity index (χ3v) is 3.86. The largest absolute Gasteiger partial charge is 0.479 e. The fraction of sp³-hybridized carbons (Fsp3) is 0.500. The van der Waals surface area contributed by atoms with Gasteiger partial charge in [0.05, 0.1) is 6.61 Å². The van der Waals surface area contributed by atoms with E-state index in [0.717, 1.165) is 13.0 Å². The van der Waals surface area contributed by atoms with Crippen LogP contribution in [0.15, 0.2) is 17.5 Å². The molecule has 0 aliphatic carbocycles. The number of carboxylic acid groups (broad SMARTS) is 1. The number of urea groups is 1. The smallest absolute Gasteiger partial charge is 0.331 e. The van der Waals surface area contributed by atoms with Crippen LogP contribution in [0.3, 0.4) is 0 Å². The van der Waals surface area contributed by atoms with E-state index in [4.69, 9.17) is 9.84 Å². The number of ether oxygens (including phenoxy) is 1. The minimum atomic E-state index is -1.07.